The smallest absolute Gasteiger partial charge is 0.263 e. The molecule has 1 atom stereocenters. The first-order chi connectivity index (χ1) is 4.64. The van der Waals surface area contributed by atoms with Crippen molar-refractivity contribution < 1.29 is 12.6 Å². The van der Waals surface area contributed by atoms with E-state index in [1.165, 1.54) is 0 Å². The molecule has 0 aromatic rings. The molecule has 1 aliphatic rings. The Morgan fingerprint density at radius 2 is 2.30 bits per heavy atom. The van der Waals surface area contributed by atoms with Crippen LogP contribution in [0.4, 0.5) is 0 Å². The molecule has 0 aromatic heterocycles. The molecule has 0 saturated carbocycles. The zero-order chi connectivity index (χ0) is 7.61. The lowest BCUT2D eigenvalue weighted by atomic mass is 10.3. The van der Waals surface area contributed by atoms with Crippen LogP contribution in [0.15, 0.2) is 12.2 Å². The van der Waals surface area contributed by atoms with Crippen LogP contribution in [0.25, 0.3) is 0 Å². The second-order valence-electron chi connectivity index (χ2n) is 2.21. The summed E-state index contributed by atoms with van der Waals surface area (Å²) in [6.45, 7) is 1.84. The summed E-state index contributed by atoms with van der Waals surface area (Å²) in [7, 11) is -3.17. The van der Waals surface area contributed by atoms with Gasteiger partial charge < -0.3 is 0 Å². The Balaban J connectivity index is 2.60. The highest BCUT2D eigenvalue weighted by atomic mass is 32.2. The third kappa shape index (κ3) is 1.82. The van der Waals surface area contributed by atoms with Gasteiger partial charge in [0.2, 0.25) is 0 Å². The van der Waals surface area contributed by atoms with Gasteiger partial charge in [-0.1, -0.05) is 12.2 Å². The van der Waals surface area contributed by atoms with E-state index in [1.54, 1.807) is 12.2 Å². The molecule has 0 bridgehead atoms. The Morgan fingerprint density at radius 3 is 2.70 bits per heavy atom. The molecule has 0 aliphatic carbocycles. The summed E-state index contributed by atoms with van der Waals surface area (Å²) < 4.78 is 26.0. The van der Waals surface area contributed by atoms with E-state index < -0.39 is 10.1 Å². The number of hydrogen-bond acceptors (Lipinski definition) is 3. The minimum atomic E-state index is -3.17. The maximum Gasteiger partial charge on any atom is 0.267 e. The first-order valence-corrected chi connectivity index (χ1v) is 4.75. The van der Waals surface area contributed by atoms with Crippen LogP contribution in [0, 0.1) is 0 Å². The molecule has 3 nitrogen and oxygen atoms in total. The van der Waals surface area contributed by atoms with Crippen LogP contribution in [0.5, 0.6) is 0 Å². The van der Waals surface area contributed by atoms with Crippen LogP contribution in [0.2, 0.25) is 0 Å². The fraction of sp³-hybridized carbons (Fsp3) is 0.667. The zero-order valence-corrected chi connectivity index (χ0v) is 6.60. The third-order valence-electron chi connectivity index (χ3n) is 1.33. The van der Waals surface area contributed by atoms with E-state index in [-0.39, 0.29) is 11.9 Å². The van der Waals surface area contributed by atoms with Crippen LogP contribution in [-0.4, -0.2) is 20.3 Å². The second kappa shape index (κ2) is 2.72. The molecular formula is C6H10O3S. The van der Waals surface area contributed by atoms with Gasteiger partial charge in [-0.15, -0.1) is 0 Å². The van der Waals surface area contributed by atoms with Crippen molar-refractivity contribution in [3.63, 3.8) is 0 Å². The van der Waals surface area contributed by atoms with Crippen molar-refractivity contribution in [2.45, 2.75) is 19.4 Å². The molecule has 0 aromatic carbocycles. The molecule has 0 amide bonds. The number of rotatable bonds is 1. The molecule has 1 fully saturated rings. The van der Waals surface area contributed by atoms with Crippen molar-refractivity contribution in [1.29, 1.82) is 0 Å². The molecule has 10 heavy (non-hydrogen) atoms. The normalized spacial score (nSPS) is 31.5. The Hall–Kier alpha value is -0.350. The first kappa shape index (κ1) is 7.75. The lowest BCUT2D eigenvalue weighted by molar-refractivity contribution is 0.286. The maximum atomic E-state index is 10.7. The molecule has 1 rings (SSSR count). The summed E-state index contributed by atoms with van der Waals surface area (Å²) >= 11 is 0. The summed E-state index contributed by atoms with van der Waals surface area (Å²) in [5, 5.41) is 0. The van der Waals surface area contributed by atoms with Gasteiger partial charge >= 0.3 is 0 Å². The van der Waals surface area contributed by atoms with E-state index in [0.29, 0.717) is 6.42 Å². The second-order valence-corrected chi connectivity index (χ2v) is 3.93. The van der Waals surface area contributed by atoms with Crippen LogP contribution in [0.3, 0.4) is 0 Å². The highest BCUT2D eigenvalue weighted by Gasteiger charge is 2.26. The Kier molecular flexibility index (Phi) is 2.11. The molecule has 0 N–H and O–H groups in total. The van der Waals surface area contributed by atoms with Crippen LogP contribution >= 0.6 is 0 Å². The predicted octanol–water partition coefficient (Wildman–Crippen LogP) is 0.681. The number of allylic oxidation sites excluding steroid dienone is 1. The molecule has 4 heteroatoms. The monoisotopic (exact) mass is 162 g/mol. The largest absolute Gasteiger partial charge is 0.267 e. The van der Waals surface area contributed by atoms with Gasteiger partial charge in [0.25, 0.3) is 10.1 Å². The van der Waals surface area contributed by atoms with Gasteiger partial charge in [-0.25, -0.2) is 0 Å². The molecule has 0 spiro atoms. The highest BCUT2D eigenvalue weighted by molar-refractivity contribution is 7.86. The van der Waals surface area contributed by atoms with Crippen LogP contribution in [-0.2, 0) is 14.3 Å². The fourth-order valence-corrected chi connectivity index (χ4v) is 2.04. The SMILES string of the molecule is CC=CC1CCS(=O)(=O)O1. The number of hydrogen-bond donors (Lipinski definition) is 0. The standard InChI is InChI=1S/C6H10O3S/c1-2-3-6-4-5-10(7,8)9-6/h2-3,6H,4-5H2,1H3. The first-order valence-electron chi connectivity index (χ1n) is 3.18. The van der Waals surface area contributed by atoms with E-state index in [9.17, 15) is 8.42 Å². The van der Waals surface area contributed by atoms with Crippen molar-refractivity contribution in [2.75, 3.05) is 5.75 Å². The summed E-state index contributed by atoms with van der Waals surface area (Å²) in [6, 6.07) is 0. The fourth-order valence-electron chi connectivity index (χ4n) is 0.888. The minimum absolute atomic E-state index is 0.155. The van der Waals surface area contributed by atoms with Gasteiger partial charge in [0.1, 0.15) is 0 Å². The van der Waals surface area contributed by atoms with Crippen LogP contribution < -0.4 is 0 Å². The highest BCUT2D eigenvalue weighted by Crippen LogP contribution is 2.16. The summed E-state index contributed by atoms with van der Waals surface area (Å²) in [4.78, 5) is 0. The minimum Gasteiger partial charge on any atom is -0.263 e. The van der Waals surface area contributed by atoms with Crippen molar-refractivity contribution in [3.8, 4) is 0 Å². The molecule has 0 radical (unpaired) electrons. The van der Waals surface area contributed by atoms with E-state index in [2.05, 4.69) is 4.18 Å². The molecule has 1 heterocycles. The van der Waals surface area contributed by atoms with Gasteiger partial charge in [-0.2, -0.15) is 8.42 Å². The summed E-state index contributed by atoms with van der Waals surface area (Å²) in [5.41, 5.74) is 0. The molecule has 58 valence electrons. The van der Waals surface area contributed by atoms with Crippen molar-refractivity contribution in [2.24, 2.45) is 0 Å². The lowest BCUT2D eigenvalue weighted by Crippen LogP contribution is -2.02. The Labute approximate surface area is 60.8 Å². The summed E-state index contributed by atoms with van der Waals surface area (Å²) in [6.07, 6.45) is 3.93. The molecule has 1 aliphatic heterocycles. The average molecular weight is 162 g/mol. The van der Waals surface area contributed by atoms with Gasteiger partial charge in [-0.3, -0.25) is 4.18 Å². The van der Waals surface area contributed by atoms with Gasteiger partial charge in [0.15, 0.2) is 0 Å². The Bertz CT molecular complexity index is 227. The van der Waals surface area contributed by atoms with Gasteiger partial charge in [0, 0.05) is 0 Å². The Morgan fingerprint density at radius 1 is 1.60 bits per heavy atom. The zero-order valence-electron chi connectivity index (χ0n) is 5.78. The molecular weight excluding hydrogens is 152 g/mol. The van der Waals surface area contributed by atoms with Crippen LogP contribution in [0.1, 0.15) is 13.3 Å². The lowest BCUT2D eigenvalue weighted by Gasteiger charge is -1.97. The van der Waals surface area contributed by atoms with Gasteiger partial charge in [-0.05, 0) is 13.3 Å². The van der Waals surface area contributed by atoms with E-state index in [4.69, 9.17) is 0 Å². The molecule has 1 saturated heterocycles. The topological polar surface area (TPSA) is 43.4 Å². The third-order valence-corrected chi connectivity index (χ3v) is 2.61. The van der Waals surface area contributed by atoms with E-state index in [0.717, 1.165) is 0 Å². The maximum absolute atomic E-state index is 10.7. The van der Waals surface area contributed by atoms with Gasteiger partial charge in [0.05, 0.1) is 11.9 Å². The summed E-state index contributed by atoms with van der Waals surface area (Å²) in [5.74, 6) is 0.155. The van der Waals surface area contributed by atoms with Crippen molar-refractivity contribution in [1.82, 2.24) is 0 Å². The van der Waals surface area contributed by atoms with E-state index >= 15 is 0 Å². The van der Waals surface area contributed by atoms with Crippen molar-refractivity contribution >= 4 is 10.1 Å². The quantitative estimate of drug-likeness (QED) is 0.420. The molecule has 1 unspecified atom stereocenters. The predicted molar refractivity (Wildman–Crippen MR) is 38.1 cm³/mol. The average Bonchev–Trinajstić information content (AvgIpc) is 2.12. The van der Waals surface area contributed by atoms with E-state index in [1.807, 2.05) is 6.92 Å². The van der Waals surface area contributed by atoms with Crippen molar-refractivity contribution in [3.05, 3.63) is 12.2 Å².